The standard InChI is InChI=1S/C16H24N2OS.ClH/c1-17-10-12-5-4-8-18(11-12)16(19)15-9-13-6-2-3-7-14(13)20-15;/h9,12,17H,2-8,10-11H2,1H3;1H. The Balaban J connectivity index is 0.00000161. The number of carbonyl (C=O) groups is 1. The third kappa shape index (κ3) is 3.79. The van der Waals surface area contributed by atoms with E-state index in [2.05, 4.69) is 16.3 Å². The van der Waals surface area contributed by atoms with E-state index in [1.165, 1.54) is 42.5 Å². The third-order valence-electron chi connectivity index (χ3n) is 4.51. The topological polar surface area (TPSA) is 32.3 Å². The Morgan fingerprint density at radius 1 is 1.38 bits per heavy atom. The lowest BCUT2D eigenvalue weighted by Gasteiger charge is -2.32. The summed E-state index contributed by atoms with van der Waals surface area (Å²) in [6.07, 6.45) is 7.30. The highest BCUT2D eigenvalue weighted by Gasteiger charge is 2.26. The minimum atomic E-state index is 0. The Morgan fingerprint density at radius 2 is 2.19 bits per heavy atom. The fourth-order valence-electron chi connectivity index (χ4n) is 3.46. The molecule has 2 aliphatic rings. The molecule has 1 amide bonds. The van der Waals surface area contributed by atoms with Crippen LogP contribution in [0, 0.1) is 5.92 Å². The van der Waals surface area contributed by atoms with Crippen LogP contribution in [0.3, 0.4) is 0 Å². The van der Waals surface area contributed by atoms with E-state index in [1.54, 1.807) is 11.3 Å². The fourth-order valence-corrected chi connectivity index (χ4v) is 4.68. The number of fused-ring (bicyclic) bond motifs is 1. The Morgan fingerprint density at radius 3 is 2.95 bits per heavy atom. The molecule has 0 aromatic carbocycles. The molecule has 0 bridgehead atoms. The molecule has 1 unspecified atom stereocenters. The number of nitrogens with zero attached hydrogens (tertiary/aromatic N) is 1. The second kappa shape index (κ2) is 7.61. The van der Waals surface area contributed by atoms with Crippen molar-refractivity contribution < 1.29 is 4.79 Å². The summed E-state index contributed by atoms with van der Waals surface area (Å²) in [7, 11) is 1.99. The SMILES string of the molecule is CNCC1CCCN(C(=O)c2cc3c(s2)CCCC3)C1.Cl. The third-order valence-corrected chi connectivity index (χ3v) is 5.73. The average Bonchev–Trinajstić information content (AvgIpc) is 2.91. The lowest BCUT2D eigenvalue weighted by Crippen LogP contribution is -2.42. The number of likely N-dealkylation sites (tertiary alicyclic amines) is 1. The van der Waals surface area contributed by atoms with Crippen LogP contribution >= 0.6 is 23.7 Å². The minimum absolute atomic E-state index is 0. The van der Waals surface area contributed by atoms with Crippen molar-refractivity contribution in [2.24, 2.45) is 5.92 Å². The Kier molecular flexibility index (Phi) is 6.08. The first-order valence-electron chi connectivity index (χ1n) is 7.83. The van der Waals surface area contributed by atoms with Gasteiger partial charge in [0.15, 0.2) is 0 Å². The van der Waals surface area contributed by atoms with Gasteiger partial charge in [-0.2, -0.15) is 0 Å². The van der Waals surface area contributed by atoms with Gasteiger partial charge in [-0.25, -0.2) is 0 Å². The molecule has 1 aliphatic heterocycles. The lowest BCUT2D eigenvalue weighted by molar-refractivity contribution is 0.0679. The number of piperidine rings is 1. The molecule has 1 aromatic heterocycles. The van der Waals surface area contributed by atoms with E-state index in [0.717, 1.165) is 30.9 Å². The van der Waals surface area contributed by atoms with Crippen molar-refractivity contribution in [1.29, 1.82) is 0 Å². The summed E-state index contributed by atoms with van der Waals surface area (Å²) < 4.78 is 0. The van der Waals surface area contributed by atoms with Crippen LogP contribution < -0.4 is 5.32 Å². The molecule has 1 fully saturated rings. The number of thiophene rings is 1. The molecule has 0 spiro atoms. The number of rotatable bonds is 3. The molecule has 5 heteroatoms. The number of hydrogen-bond donors (Lipinski definition) is 1. The predicted molar refractivity (Wildman–Crippen MR) is 90.8 cm³/mol. The Bertz CT molecular complexity index is 463. The molecular weight excluding hydrogens is 304 g/mol. The molecule has 1 aromatic rings. The number of nitrogens with one attached hydrogen (secondary N) is 1. The van der Waals surface area contributed by atoms with Crippen LogP contribution in [0.1, 0.15) is 45.8 Å². The molecule has 0 saturated carbocycles. The van der Waals surface area contributed by atoms with Gasteiger partial charge in [0.1, 0.15) is 0 Å². The monoisotopic (exact) mass is 328 g/mol. The van der Waals surface area contributed by atoms with Crippen LogP contribution in [0.25, 0.3) is 0 Å². The van der Waals surface area contributed by atoms with Crippen LogP contribution in [-0.4, -0.2) is 37.5 Å². The second-order valence-corrected chi connectivity index (χ2v) is 7.22. The molecular formula is C16H25ClN2OS. The number of hydrogen-bond acceptors (Lipinski definition) is 3. The maximum absolute atomic E-state index is 12.7. The van der Waals surface area contributed by atoms with E-state index in [1.807, 2.05) is 7.05 Å². The van der Waals surface area contributed by atoms with E-state index in [0.29, 0.717) is 5.92 Å². The van der Waals surface area contributed by atoms with Crippen LogP contribution in [0.5, 0.6) is 0 Å². The van der Waals surface area contributed by atoms with Crippen molar-refractivity contribution >= 4 is 29.7 Å². The minimum Gasteiger partial charge on any atom is -0.338 e. The molecule has 2 heterocycles. The van der Waals surface area contributed by atoms with Crippen LogP contribution in [0.4, 0.5) is 0 Å². The quantitative estimate of drug-likeness (QED) is 0.924. The molecule has 118 valence electrons. The largest absolute Gasteiger partial charge is 0.338 e. The molecule has 3 nitrogen and oxygen atoms in total. The first kappa shape index (κ1) is 16.8. The fraction of sp³-hybridized carbons (Fsp3) is 0.688. The first-order valence-corrected chi connectivity index (χ1v) is 8.65. The molecule has 21 heavy (non-hydrogen) atoms. The van der Waals surface area contributed by atoms with Gasteiger partial charge in [0.2, 0.25) is 0 Å². The molecule has 3 rings (SSSR count). The maximum Gasteiger partial charge on any atom is 0.263 e. The summed E-state index contributed by atoms with van der Waals surface area (Å²) in [5.74, 6) is 0.887. The molecule has 1 atom stereocenters. The van der Waals surface area contributed by atoms with Gasteiger partial charge in [-0.3, -0.25) is 4.79 Å². The van der Waals surface area contributed by atoms with E-state index in [9.17, 15) is 4.79 Å². The van der Waals surface area contributed by atoms with Crippen molar-refractivity contribution in [3.63, 3.8) is 0 Å². The molecule has 1 aliphatic carbocycles. The van der Waals surface area contributed by atoms with E-state index >= 15 is 0 Å². The zero-order valence-electron chi connectivity index (χ0n) is 12.7. The van der Waals surface area contributed by atoms with E-state index in [-0.39, 0.29) is 18.3 Å². The van der Waals surface area contributed by atoms with Gasteiger partial charge in [0.25, 0.3) is 5.91 Å². The van der Waals surface area contributed by atoms with Gasteiger partial charge in [-0.05, 0) is 69.7 Å². The Hall–Kier alpha value is -0.580. The second-order valence-electron chi connectivity index (χ2n) is 6.08. The van der Waals surface area contributed by atoms with Crippen LogP contribution in [0.15, 0.2) is 6.07 Å². The summed E-state index contributed by atoms with van der Waals surface area (Å²) >= 11 is 1.74. The normalized spacial score (nSPS) is 21.6. The van der Waals surface area contributed by atoms with Gasteiger partial charge in [-0.15, -0.1) is 23.7 Å². The van der Waals surface area contributed by atoms with E-state index in [4.69, 9.17) is 0 Å². The van der Waals surface area contributed by atoms with Crippen molar-refractivity contribution in [1.82, 2.24) is 10.2 Å². The van der Waals surface area contributed by atoms with Crippen LogP contribution in [0.2, 0.25) is 0 Å². The Labute approximate surface area is 137 Å². The zero-order chi connectivity index (χ0) is 13.9. The van der Waals surface area contributed by atoms with Crippen molar-refractivity contribution in [3.8, 4) is 0 Å². The molecule has 1 N–H and O–H groups in total. The van der Waals surface area contributed by atoms with Gasteiger partial charge in [0, 0.05) is 18.0 Å². The number of aryl methyl sites for hydroxylation is 2. The van der Waals surface area contributed by atoms with Crippen LogP contribution in [-0.2, 0) is 12.8 Å². The van der Waals surface area contributed by atoms with Gasteiger partial charge < -0.3 is 10.2 Å². The van der Waals surface area contributed by atoms with Gasteiger partial charge in [0.05, 0.1) is 4.88 Å². The first-order chi connectivity index (χ1) is 9.78. The highest BCUT2D eigenvalue weighted by atomic mass is 35.5. The summed E-state index contributed by atoms with van der Waals surface area (Å²) in [6.45, 7) is 2.87. The van der Waals surface area contributed by atoms with Crippen molar-refractivity contribution in [2.45, 2.75) is 38.5 Å². The maximum atomic E-state index is 12.7. The summed E-state index contributed by atoms with van der Waals surface area (Å²) in [5, 5.41) is 3.24. The lowest BCUT2D eigenvalue weighted by atomic mass is 9.97. The highest BCUT2D eigenvalue weighted by molar-refractivity contribution is 7.14. The molecule has 0 radical (unpaired) electrons. The average molecular weight is 329 g/mol. The van der Waals surface area contributed by atoms with Gasteiger partial charge in [-0.1, -0.05) is 0 Å². The zero-order valence-corrected chi connectivity index (χ0v) is 14.3. The molecule has 1 saturated heterocycles. The van der Waals surface area contributed by atoms with Gasteiger partial charge >= 0.3 is 0 Å². The summed E-state index contributed by atoms with van der Waals surface area (Å²) in [5.41, 5.74) is 1.44. The number of amides is 1. The van der Waals surface area contributed by atoms with Crippen molar-refractivity contribution in [3.05, 3.63) is 21.4 Å². The smallest absolute Gasteiger partial charge is 0.263 e. The number of carbonyl (C=O) groups excluding carboxylic acids is 1. The highest BCUT2D eigenvalue weighted by Crippen LogP contribution is 2.31. The number of halogens is 1. The van der Waals surface area contributed by atoms with Crippen molar-refractivity contribution in [2.75, 3.05) is 26.7 Å². The van der Waals surface area contributed by atoms with E-state index < -0.39 is 0 Å². The predicted octanol–water partition coefficient (Wildman–Crippen LogP) is 3.12. The summed E-state index contributed by atoms with van der Waals surface area (Å²) in [4.78, 5) is 17.2. The summed E-state index contributed by atoms with van der Waals surface area (Å²) in [6, 6.07) is 2.17.